The van der Waals surface area contributed by atoms with Crippen LogP contribution in [0.3, 0.4) is 0 Å². The summed E-state index contributed by atoms with van der Waals surface area (Å²) >= 11 is 0. The van der Waals surface area contributed by atoms with Gasteiger partial charge in [0.2, 0.25) is 0 Å². The Bertz CT molecular complexity index is 701. The largest absolute Gasteiger partial charge is 0.379 e. The minimum absolute atomic E-state index is 0.184. The highest BCUT2D eigenvalue weighted by atomic mass is 16.5. The van der Waals surface area contributed by atoms with Gasteiger partial charge in [0, 0.05) is 25.7 Å². The minimum atomic E-state index is -1.34. The van der Waals surface area contributed by atoms with Crippen molar-refractivity contribution in [3.05, 3.63) is 53.4 Å². The van der Waals surface area contributed by atoms with E-state index in [-0.39, 0.29) is 12.5 Å². The summed E-state index contributed by atoms with van der Waals surface area (Å²) in [6, 6.07) is 11.9. The molecule has 1 aromatic heterocycles. The van der Waals surface area contributed by atoms with E-state index in [1.165, 1.54) is 5.56 Å². The zero-order valence-electron chi connectivity index (χ0n) is 14.6. The average Bonchev–Trinajstić information content (AvgIpc) is 3.03. The maximum Gasteiger partial charge on any atom is 0.255 e. The Kier molecular flexibility index (Phi) is 5.50. The van der Waals surface area contributed by atoms with Crippen LogP contribution in [0.2, 0.25) is 0 Å². The highest BCUT2D eigenvalue weighted by molar-refractivity contribution is 5.86. The van der Waals surface area contributed by atoms with Crippen molar-refractivity contribution in [1.82, 2.24) is 15.4 Å². The number of hydrogen-bond donors (Lipinski definition) is 2. The third-order valence-electron chi connectivity index (χ3n) is 4.61. The number of carbonyl (C=O) groups excluding carboxylic acids is 1. The maximum atomic E-state index is 12.7. The lowest BCUT2D eigenvalue weighted by atomic mass is 9.91. The number of hydrogen-bond acceptors (Lipinski definition) is 5. The average molecular weight is 343 g/mol. The second-order valence-corrected chi connectivity index (χ2v) is 6.70. The number of aliphatic hydroxyl groups is 1. The van der Waals surface area contributed by atoms with Crippen LogP contribution in [-0.2, 0) is 17.8 Å². The van der Waals surface area contributed by atoms with Crippen molar-refractivity contribution in [1.29, 1.82) is 0 Å². The highest BCUT2D eigenvalue weighted by Gasteiger charge is 2.41. The van der Waals surface area contributed by atoms with Gasteiger partial charge in [0.05, 0.1) is 12.2 Å². The van der Waals surface area contributed by atoms with Crippen molar-refractivity contribution >= 4 is 5.91 Å². The smallest absolute Gasteiger partial charge is 0.255 e. The van der Waals surface area contributed by atoms with Crippen molar-refractivity contribution in [2.24, 2.45) is 0 Å². The Morgan fingerprint density at radius 2 is 2.16 bits per heavy atom. The summed E-state index contributed by atoms with van der Waals surface area (Å²) in [6.45, 7) is 3.85. The van der Waals surface area contributed by atoms with E-state index in [0.717, 1.165) is 18.5 Å². The molecule has 134 valence electrons. The Labute approximate surface area is 147 Å². The number of aromatic nitrogens is 1. The number of amides is 1. The fraction of sp³-hybridized carbons (Fsp3) is 0.474. The molecule has 0 spiro atoms. The van der Waals surface area contributed by atoms with Gasteiger partial charge in [-0.05, 0) is 31.7 Å². The van der Waals surface area contributed by atoms with Gasteiger partial charge in [0.15, 0.2) is 11.4 Å². The molecule has 1 atom stereocenters. The molecule has 1 aromatic carbocycles. The van der Waals surface area contributed by atoms with Gasteiger partial charge in [-0.15, -0.1) is 0 Å². The van der Waals surface area contributed by atoms with Gasteiger partial charge in [-0.25, -0.2) is 0 Å². The molecule has 6 heteroatoms. The molecule has 0 unspecified atom stereocenters. The first-order valence-corrected chi connectivity index (χ1v) is 8.75. The van der Waals surface area contributed by atoms with Gasteiger partial charge in [-0.3, -0.25) is 4.79 Å². The van der Waals surface area contributed by atoms with Gasteiger partial charge in [-0.2, -0.15) is 0 Å². The topological polar surface area (TPSA) is 78.6 Å². The first-order valence-electron chi connectivity index (χ1n) is 8.75. The van der Waals surface area contributed by atoms with E-state index in [2.05, 4.69) is 22.6 Å². The molecule has 1 amide bonds. The van der Waals surface area contributed by atoms with Crippen LogP contribution in [0.4, 0.5) is 0 Å². The van der Waals surface area contributed by atoms with Crippen molar-refractivity contribution in [2.45, 2.75) is 38.3 Å². The molecule has 1 aliphatic heterocycles. The molecule has 6 nitrogen and oxygen atoms in total. The second-order valence-electron chi connectivity index (χ2n) is 6.70. The summed E-state index contributed by atoms with van der Waals surface area (Å²) in [4.78, 5) is 14.5. The van der Waals surface area contributed by atoms with Gasteiger partial charge in [-0.1, -0.05) is 35.5 Å². The molecule has 0 aliphatic carbocycles. The molecule has 0 saturated carbocycles. The number of nitrogens with zero attached hydrogens (tertiary/aromatic N) is 2. The zero-order chi connectivity index (χ0) is 17.7. The number of nitrogens with one attached hydrogen (secondary N) is 1. The minimum Gasteiger partial charge on any atom is -0.379 e. The Morgan fingerprint density at radius 3 is 2.88 bits per heavy atom. The van der Waals surface area contributed by atoms with Crippen LogP contribution in [0, 0.1) is 6.92 Å². The van der Waals surface area contributed by atoms with Crippen LogP contribution in [0.5, 0.6) is 0 Å². The lowest BCUT2D eigenvalue weighted by Gasteiger charge is -2.38. The summed E-state index contributed by atoms with van der Waals surface area (Å²) in [7, 11) is 0. The van der Waals surface area contributed by atoms with Crippen molar-refractivity contribution in [3.8, 4) is 0 Å². The third-order valence-corrected chi connectivity index (χ3v) is 4.61. The van der Waals surface area contributed by atoms with Crippen LogP contribution >= 0.6 is 0 Å². The highest BCUT2D eigenvalue weighted by Crippen LogP contribution is 2.22. The first kappa shape index (κ1) is 17.6. The number of carbonyl (C=O) groups is 1. The molecule has 0 bridgehead atoms. The Morgan fingerprint density at radius 1 is 1.36 bits per heavy atom. The first-order chi connectivity index (χ1) is 12.1. The van der Waals surface area contributed by atoms with E-state index < -0.39 is 5.60 Å². The maximum absolute atomic E-state index is 12.7. The number of piperidine rings is 1. The molecule has 1 fully saturated rings. The second kappa shape index (κ2) is 7.80. The van der Waals surface area contributed by atoms with Crippen LogP contribution in [0.15, 0.2) is 40.9 Å². The molecular formula is C19H25N3O3. The lowest BCUT2D eigenvalue weighted by molar-refractivity contribution is -0.156. The predicted octanol–water partition coefficient (Wildman–Crippen LogP) is 1.67. The van der Waals surface area contributed by atoms with Crippen LogP contribution in [0.25, 0.3) is 0 Å². The molecule has 3 rings (SSSR count). The quantitative estimate of drug-likeness (QED) is 0.799. The fourth-order valence-corrected chi connectivity index (χ4v) is 3.24. The molecule has 2 N–H and O–H groups in total. The molecule has 2 heterocycles. The van der Waals surface area contributed by atoms with Crippen molar-refractivity contribution in [3.63, 3.8) is 0 Å². The molecule has 25 heavy (non-hydrogen) atoms. The van der Waals surface area contributed by atoms with E-state index in [9.17, 15) is 9.90 Å². The molecular weight excluding hydrogens is 318 g/mol. The normalized spacial score (nSPS) is 20.9. The Balaban J connectivity index is 1.52. The summed E-state index contributed by atoms with van der Waals surface area (Å²) in [5.41, 5.74) is 0.670. The lowest BCUT2D eigenvalue weighted by Crippen LogP contribution is -2.58. The van der Waals surface area contributed by atoms with E-state index >= 15 is 0 Å². The van der Waals surface area contributed by atoms with Gasteiger partial charge in [0.25, 0.3) is 5.91 Å². The fourth-order valence-electron chi connectivity index (χ4n) is 3.24. The van der Waals surface area contributed by atoms with E-state index in [1.54, 1.807) is 4.90 Å². The third kappa shape index (κ3) is 4.46. The van der Waals surface area contributed by atoms with E-state index in [0.29, 0.717) is 31.8 Å². The predicted molar refractivity (Wildman–Crippen MR) is 93.9 cm³/mol. The van der Waals surface area contributed by atoms with Crippen molar-refractivity contribution in [2.75, 3.05) is 19.6 Å². The summed E-state index contributed by atoms with van der Waals surface area (Å²) < 4.78 is 5.13. The van der Waals surface area contributed by atoms with Gasteiger partial charge in [0.1, 0.15) is 0 Å². The summed E-state index contributed by atoms with van der Waals surface area (Å²) in [5, 5.41) is 17.7. The van der Waals surface area contributed by atoms with Crippen LogP contribution < -0.4 is 5.32 Å². The van der Waals surface area contributed by atoms with Crippen molar-refractivity contribution < 1.29 is 14.4 Å². The molecule has 1 aliphatic rings. The van der Waals surface area contributed by atoms with Crippen LogP contribution in [-0.4, -0.2) is 46.3 Å². The Hall–Kier alpha value is -2.18. The number of benzene rings is 1. The number of aryl methyl sites for hydroxylation is 1. The van der Waals surface area contributed by atoms with Gasteiger partial charge < -0.3 is 19.8 Å². The number of rotatable bonds is 7. The molecule has 2 aromatic rings. The summed E-state index contributed by atoms with van der Waals surface area (Å²) in [6.07, 6.45) is 2.09. The van der Waals surface area contributed by atoms with E-state index in [1.807, 2.05) is 31.2 Å². The zero-order valence-corrected chi connectivity index (χ0v) is 14.6. The van der Waals surface area contributed by atoms with Gasteiger partial charge >= 0.3 is 0 Å². The van der Waals surface area contributed by atoms with E-state index in [4.69, 9.17) is 4.52 Å². The van der Waals surface area contributed by atoms with Crippen LogP contribution in [0.1, 0.15) is 29.9 Å². The molecule has 0 radical (unpaired) electrons. The molecule has 1 saturated heterocycles. The monoisotopic (exact) mass is 343 g/mol. The SMILES string of the molecule is Cc1cc(CNC[C@@]2(O)CCCN(CCc3ccccc3)C2=O)on1. The number of likely N-dealkylation sites (tertiary alicyclic amines) is 1. The summed E-state index contributed by atoms with van der Waals surface area (Å²) in [5.74, 6) is 0.515. The standard InChI is InChI=1S/C19H25N3O3/c1-15-12-17(25-21-15)13-20-14-19(24)9-5-10-22(18(19)23)11-8-16-6-3-2-4-7-16/h2-4,6-7,12,20,24H,5,8-11,13-14H2,1H3/t19-/m0/s1.